The van der Waals surface area contributed by atoms with Crippen LogP contribution in [0, 0.1) is 28.6 Å². The molecule has 1 aliphatic heterocycles. The maximum atomic E-state index is 6.98. The summed E-state index contributed by atoms with van der Waals surface area (Å²) in [5.74, 6) is 7.30. The molecule has 2 aromatic rings. The van der Waals surface area contributed by atoms with Gasteiger partial charge in [0.15, 0.2) is 5.75 Å². The molecule has 3 aliphatic rings. The fourth-order valence-corrected chi connectivity index (χ4v) is 10.1. The summed E-state index contributed by atoms with van der Waals surface area (Å²) in [4.78, 5) is 1.49. The molecule has 0 atom stereocenters. The molecular weight excluding hydrogens is 496 g/mol. The fourth-order valence-electron chi connectivity index (χ4n) is 7.53. The molecule has 2 aliphatic carbocycles. The third kappa shape index (κ3) is 7.11. The lowest BCUT2D eigenvalue weighted by atomic mass is 9.69. The van der Waals surface area contributed by atoms with E-state index in [9.17, 15) is 0 Å². The second-order valence-electron chi connectivity index (χ2n) is 15.0. The Balaban J connectivity index is 1.32. The summed E-state index contributed by atoms with van der Waals surface area (Å²) in [6.07, 6.45) is 14.6. The Kier molecular flexibility index (Phi) is 9.16. The number of rotatable bonds is 7. The van der Waals surface area contributed by atoms with Crippen molar-refractivity contribution in [1.82, 2.24) is 0 Å². The van der Waals surface area contributed by atoms with Crippen LogP contribution in [0.4, 0.5) is 0 Å². The number of ether oxygens (including phenoxy) is 2. The molecule has 1 heterocycles. The van der Waals surface area contributed by atoms with E-state index in [1.165, 1.54) is 97.8 Å². The SMILES string of the molecule is CC(C)(C)C1CCC(CCOc2cc(OC3CCC(C(C)(C)C)CC3)c([S+]3CCCC3)c3ccccc23)CC1. The molecule has 0 spiro atoms. The Morgan fingerprint density at radius 2 is 1.28 bits per heavy atom. The van der Waals surface area contributed by atoms with E-state index < -0.39 is 0 Å². The molecule has 3 heteroatoms. The molecule has 216 valence electrons. The van der Waals surface area contributed by atoms with Crippen molar-refractivity contribution >= 4 is 21.7 Å². The zero-order valence-electron chi connectivity index (χ0n) is 25.8. The molecule has 5 rings (SSSR count). The van der Waals surface area contributed by atoms with Crippen molar-refractivity contribution in [3.8, 4) is 11.5 Å². The molecular formula is C36H55O2S+. The van der Waals surface area contributed by atoms with Crippen LogP contribution in [0.2, 0.25) is 0 Å². The topological polar surface area (TPSA) is 18.5 Å². The van der Waals surface area contributed by atoms with E-state index in [1.54, 1.807) is 0 Å². The van der Waals surface area contributed by atoms with Gasteiger partial charge in [-0.05, 0) is 92.4 Å². The summed E-state index contributed by atoms with van der Waals surface area (Å²) >= 11 is 0. The molecule has 0 bridgehead atoms. The highest BCUT2D eigenvalue weighted by atomic mass is 32.2. The van der Waals surface area contributed by atoms with Crippen LogP contribution < -0.4 is 9.47 Å². The fraction of sp³-hybridized carbons (Fsp3) is 0.722. The Labute approximate surface area is 242 Å². The second-order valence-corrected chi connectivity index (χ2v) is 17.2. The van der Waals surface area contributed by atoms with Crippen LogP contribution in [0.1, 0.15) is 112 Å². The highest BCUT2D eigenvalue weighted by Gasteiger charge is 2.36. The van der Waals surface area contributed by atoms with E-state index in [2.05, 4.69) is 71.9 Å². The van der Waals surface area contributed by atoms with E-state index in [0.29, 0.717) is 16.9 Å². The lowest BCUT2D eigenvalue weighted by Gasteiger charge is -2.37. The van der Waals surface area contributed by atoms with Gasteiger partial charge in [0.25, 0.3) is 0 Å². The minimum absolute atomic E-state index is 0.288. The first-order valence-electron chi connectivity index (χ1n) is 16.1. The average Bonchev–Trinajstić information content (AvgIpc) is 3.43. The highest BCUT2D eigenvalue weighted by Crippen LogP contribution is 2.45. The van der Waals surface area contributed by atoms with Crippen molar-refractivity contribution in [1.29, 1.82) is 0 Å². The first-order valence-corrected chi connectivity index (χ1v) is 17.7. The van der Waals surface area contributed by atoms with Crippen LogP contribution in [-0.2, 0) is 10.9 Å². The maximum Gasteiger partial charge on any atom is 0.204 e. The predicted molar refractivity (Wildman–Crippen MR) is 169 cm³/mol. The Morgan fingerprint density at radius 3 is 1.87 bits per heavy atom. The van der Waals surface area contributed by atoms with Gasteiger partial charge >= 0.3 is 0 Å². The van der Waals surface area contributed by atoms with Gasteiger partial charge in [-0.2, -0.15) is 0 Å². The van der Waals surface area contributed by atoms with Crippen molar-refractivity contribution < 1.29 is 9.47 Å². The molecule has 0 aromatic heterocycles. The zero-order valence-corrected chi connectivity index (χ0v) is 26.6. The Morgan fingerprint density at radius 1 is 0.718 bits per heavy atom. The second kappa shape index (κ2) is 12.3. The third-order valence-electron chi connectivity index (χ3n) is 10.3. The van der Waals surface area contributed by atoms with Gasteiger partial charge in [-0.25, -0.2) is 0 Å². The van der Waals surface area contributed by atoms with Gasteiger partial charge in [0.05, 0.1) is 12.7 Å². The van der Waals surface area contributed by atoms with Crippen LogP contribution in [-0.4, -0.2) is 24.2 Å². The molecule has 0 amide bonds. The molecule has 39 heavy (non-hydrogen) atoms. The molecule has 2 aromatic carbocycles. The zero-order chi connectivity index (χ0) is 27.6. The van der Waals surface area contributed by atoms with Crippen molar-refractivity contribution in [3.63, 3.8) is 0 Å². The van der Waals surface area contributed by atoms with E-state index in [-0.39, 0.29) is 10.9 Å². The summed E-state index contributed by atoms with van der Waals surface area (Å²) in [6, 6.07) is 11.3. The minimum atomic E-state index is 0.288. The first kappa shape index (κ1) is 29.2. The monoisotopic (exact) mass is 551 g/mol. The standard InChI is InChI=1S/C36H55O2S/c1-35(2,3)27-15-13-26(14-16-27)21-22-37-32-25-33(38-29-19-17-28(18-20-29)36(4,5)6)34(39-23-9-10-24-39)31-12-8-7-11-30(31)32/h7-8,11-12,25-29H,9-10,13-24H2,1-6H3/q+1. The predicted octanol–water partition coefficient (Wildman–Crippen LogP) is 10.2. The minimum Gasteiger partial charge on any atom is -0.493 e. The molecule has 0 radical (unpaired) electrons. The van der Waals surface area contributed by atoms with E-state index >= 15 is 0 Å². The Bertz CT molecular complexity index is 1070. The van der Waals surface area contributed by atoms with Crippen LogP contribution in [0.3, 0.4) is 0 Å². The molecule has 1 saturated heterocycles. The van der Waals surface area contributed by atoms with Crippen LogP contribution in [0.5, 0.6) is 11.5 Å². The Hall–Kier alpha value is -1.35. The van der Waals surface area contributed by atoms with Gasteiger partial charge in [-0.15, -0.1) is 0 Å². The van der Waals surface area contributed by atoms with Gasteiger partial charge in [0.1, 0.15) is 17.3 Å². The molecule has 0 N–H and O–H groups in total. The van der Waals surface area contributed by atoms with E-state index in [0.717, 1.165) is 35.9 Å². The van der Waals surface area contributed by atoms with Crippen molar-refractivity contribution in [2.24, 2.45) is 28.6 Å². The van der Waals surface area contributed by atoms with Crippen molar-refractivity contribution in [2.45, 2.75) is 123 Å². The largest absolute Gasteiger partial charge is 0.493 e. The van der Waals surface area contributed by atoms with Gasteiger partial charge in [-0.1, -0.05) is 72.6 Å². The summed E-state index contributed by atoms with van der Waals surface area (Å²) < 4.78 is 13.6. The molecule has 2 saturated carbocycles. The normalized spacial score (nSPS) is 27.1. The van der Waals surface area contributed by atoms with Gasteiger partial charge in [0.2, 0.25) is 4.90 Å². The van der Waals surface area contributed by atoms with Crippen LogP contribution >= 0.6 is 0 Å². The quantitative estimate of drug-likeness (QED) is 0.319. The van der Waals surface area contributed by atoms with Crippen molar-refractivity contribution in [3.05, 3.63) is 30.3 Å². The van der Waals surface area contributed by atoms with Gasteiger partial charge in [-0.3, -0.25) is 0 Å². The molecule has 2 nitrogen and oxygen atoms in total. The summed E-state index contributed by atoms with van der Waals surface area (Å²) in [7, 11) is 0.288. The third-order valence-corrected chi connectivity index (χ3v) is 12.9. The van der Waals surface area contributed by atoms with Crippen molar-refractivity contribution in [2.75, 3.05) is 18.1 Å². The smallest absolute Gasteiger partial charge is 0.204 e. The lowest BCUT2D eigenvalue weighted by Crippen LogP contribution is -2.30. The van der Waals surface area contributed by atoms with Gasteiger partial charge in [0, 0.05) is 27.7 Å². The van der Waals surface area contributed by atoms with Gasteiger partial charge < -0.3 is 9.47 Å². The number of hydrogen-bond acceptors (Lipinski definition) is 2. The average molecular weight is 552 g/mol. The first-order chi connectivity index (χ1) is 18.6. The highest BCUT2D eigenvalue weighted by molar-refractivity contribution is 7.97. The molecule has 0 unspecified atom stereocenters. The number of hydrogen-bond donors (Lipinski definition) is 0. The number of benzene rings is 2. The summed E-state index contributed by atoms with van der Waals surface area (Å²) in [5.41, 5.74) is 0.849. The molecule has 3 fully saturated rings. The van der Waals surface area contributed by atoms with Crippen LogP contribution in [0.15, 0.2) is 35.2 Å². The number of fused-ring (bicyclic) bond motifs is 1. The maximum absolute atomic E-state index is 6.98. The van der Waals surface area contributed by atoms with E-state index in [4.69, 9.17) is 9.47 Å². The van der Waals surface area contributed by atoms with Crippen LogP contribution in [0.25, 0.3) is 10.8 Å². The lowest BCUT2D eigenvalue weighted by molar-refractivity contribution is 0.0863. The summed E-state index contributed by atoms with van der Waals surface area (Å²) in [6.45, 7) is 15.3. The summed E-state index contributed by atoms with van der Waals surface area (Å²) in [5, 5.41) is 2.66. The van der Waals surface area contributed by atoms with E-state index in [1.807, 2.05) is 0 Å².